The van der Waals surface area contributed by atoms with E-state index in [1.165, 1.54) is 22.3 Å². The van der Waals surface area contributed by atoms with Gasteiger partial charge in [-0.05, 0) is 73.4 Å². The highest BCUT2D eigenvalue weighted by atomic mass is 16.5. The van der Waals surface area contributed by atoms with E-state index in [1.54, 1.807) is 0 Å². The number of hydrogen-bond acceptors (Lipinski definition) is 2. The van der Waals surface area contributed by atoms with E-state index in [4.69, 9.17) is 4.74 Å². The number of rotatable bonds is 9. The lowest BCUT2D eigenvalue weighted by atomic mass is 10.0. The van der Waals surface area contributed by atoms with E-state index < -0.39 is 6.10 Å². The summed E-state index contributed by atoms with van der Waals surface area (Å²) in [6, 6.07) is 14.7. The number of carbonyl (C=O) groups is 1. The van der Waals surface area contributed by atoms with E-state index in [9.17, 15) is 4.79 Å². The number of amides is 1. The quantitative estimate of drug-likeness (QED) is 0.608. The average molecular weight is 368 g/mol. The van der Waals surface area contributed by atoms with Gasteiger partial charge >= 0.3 is 0 Å². The maximum absolute atomic E-state index is 12.4. The Bertz CT molecular complexity index is 735. The molecular formula is C24H33NO2. The maximum Gasteiger partial charge on any atom is 0.261 e. The Morgan fingerprint density at radius 1 is 1.04 bits per heavy atom. The van der Waals surface area contributed by atoms with E-state index in [0.717, 1.165) is 18.6 Å². The van der Waals surface area contributed by atoms with Crippen LogP contribution in [0.5, 0.6) is 5.75 Å². The van der Waals surface area contributed by atoms with Crippen molar-refractivity contribution in [3.05, 3.63) is 64.7 Å². The van der Waals surface area contributed by atoms with Crippen LogP contribution in [0.3, 0.4) is 0 Å². The van der Waals surface area contributed by atoms with Crippen LogP contribution in [-0.2, 0) is 11.2 Å². The van der Waals surface area contributed by atoms with Crippen molar-refractivity contribution in [2.75, 3.05) is 6.54 Å². The molecule has 0 fully saturated rings. The zero-order chi connectivity index (χ0) is 19.8. The molecule has 0 unspecified atom stereocenters. The van der Waals surface area contributed by atoms with Crippen molar-refractivity contribution in [3.8, 4) is 5.75 Å². The molecule has 3 nitrogen and oxygen atoms in total. The van der Waals surface area contributed by atoms with Crippen LogP contribution in [0.15, 0.2) is 42.5 Å². The molecule has 1 atom stereocenters. The van der Waals surface area contributed by atoms with Crippen LogP contribution in [0, 0.1) is 13.8 Å². The number of benzene rings is 2. The molecule has 1 amide bonds. The fraction of sp³-hybridized carbons (Fsp3) is 0.458. The zero-order valence-corrected chi connectivity index (χ0v) is 17.3. The molecule has 0 saturated heterocycles. The third-order valence-corrected chi connectivity index (χ3v) is 5.01. The molecular weight excluding hydrogens is 334 g/mol. The summed E-state index contributed by atoms with van der Waals surface area (Å²) in [4.78, 5) is 12.4. The Labute approximate surface area is 164 Å². The molecule has 0 bridgehead atoms. The molecule has 0 spiro atoms. The van der Waals surface area contributed by atoms with E-state index >= 15 is 0 Å². The number of hydrogen-bond donors (Lipinski definition) is 1. The fourth-order valence-electron chi connectivity index (χ4n) is 2.96. The van der Waals surface area contributed by atoms with E-state index in [2.05, 4.69) is 57.3 Å². The summed E-state index contributed by atoms with van der Waals surface area (Å²) in [5.74, 6) is 1.28. The Kier molecular flexibility index (Phi) is 7.90. The van der Waals surface area contributed by atoms with Crippen molar-refractivity contribution in [1.29, 1.82) is 0 Å². The molecule has 2 rings (SSSR count). The maximum atomic E-state index is 12.4. The molecule has 146 valence electrons. The smallest absolute Gasteiger partial charge is 0.261 e. The minimum absolute atomic E-state index is 0.0362. The van der Waals surface area contributed by atoms with Crippen LogP contribution in [0.1, 0.15) is 61.8 Å². The molecule has 2 aromatic rings. The Morgan fingerprint density at radius 2 is 1.74 bits per heavy atom. The molecule has 3 heteroatoms. The van der Waals surface area contributed by atoms with Crippen LogP contribution in [-0.4, -0.2) is 18.6 Å². The average Bonchev–Trinajstić information content (AvgIpc) is 2.66. The van der Waals surface area contributed by atoms with E-state index in [0.29, 0.717) is 18.9 Å². The van der Waals surface area contributed by atoms with Crippen LogP contribution in [0.4, 0.5) is 0 Å². The zero-order valence-electron chi connectivity index (χ0n) is 17.3. The molecule has 1 N–H and O–H groups in total. The highest BCUT2D eigenvalue weighted by Crippen LogP contribution is 2.19. The van der Waals surface area contributed by atoms with Gasteiger partial charge in [0.2, 0.25) is 0 Å². The number of nitrogens with one attached hydrogen (secondary N) is 1. The first-order valence-corrected chi connectivity index (χ1v) is 10.0. The van der Waals surface area contributed by atoms with E-state index in [1.807, 2.05) is 25.1 Å². The summed E-state index contributed by atoms with van der Waals surface area (Å²) >= 11 is 0. The highest BCUT2D eigenvalue weighted by Gasteiger charge is 2.18. The number of aryl methyl sites for hydroxylation is 3. The van der Waals surface area contributed by atoms with Crippen LogP contribution in [0.2, 0.25) is 0 Å². The van der Waals surface area contributed by atoms with Crippen molar-refractivity contribution in [1.82, 2.24) is 5.32 Å². The minimum atomic E-state index is -0.447. The monoisotopic (exact) mass is 367 g/mol. The summed E-state index contributed by atoms with van der Waals surface area (Å²) in [5.41, 5.74) is 5.07. The van der Waals surface area contributed by atoms with Gasteiger partial charge in [-0.25, -0.2) is 0 Å². The van der Waals surface area contributed by atoms with Crippen LogP contribution >= 0.6 is 0 Å². The van der Waals surface area contributed by atoms with Gasteiger partial charge in [0, 0.05) is 6.54 Å². The Hall–Kier alpha value is -2.29. The second-order valence-corrected chi connectivity index (χ2v) is 7.55. The lowest BCUT2D eigenvalue weighted by Crippen LogP contribution is -2.38. The molecule has 0 saturated carbocycles. The van der Waals surface area contributed by atoms with Crippen molar-refractivity contribution < 1.29 is 9.53 Å². The van der Waals surface area contributed by atoms with Gasteiger partial charge in [0.25, 0.3) is 5.91 Å². The lowest BCUT2D eigenvalue weighted by Gasteiger charge is -2.18. The molecule has 0 aliphatic carbocycles. The SMILES string of the molecule is CC[C@@H](Oc1ccc(C)c(C)c1)C(=O)NCCCc1ccc(C(C)C)cc1. The summed E-state index contributed by atoms with van der Waals surface area (Å²) in [6.45, 7) is 11.2. The van der Waals surface area contributed by atoms with Gasteiger partial charge in [0.05, 0.1) is 0 Å². The Balaban J connectivity index is 1.78. The first-order chi connectivity index (χ1) is 12.9. The summed E-state index contributed by atoms with van der Waals surface area (Å²) in [6.07, 6.45) is 2.09. The largest absolute Gasteiger partial charge is 0.481 e. The van der Waals surface area contributed by atoms with Gasteiger partial charge < -0.3 is 10.1 Å². The normalized spacial score (nSPS) is 12.1. The van der Waals surface area contributed by atoms with Gasteiger partial charge in [0.1, 0.15) is 5.75 Å². The lowest BCUT2D eigenvalue weighted by molar-refractivity contribution is -0.128. The summed E-state index contributed by atoms with van der Waals surface area (Å²) in [7, 11) is 0. The topological polar surface area (TPSA) is 38.3 Å². The van der Waals surface area contributed by atoms with Crippen molar-refractivity contribution in [2.45, 2.75) is 65.9 Å². The molecule has 0 radical (unpaired) electrons. The highest BCUT2D eigenvalue weighted by molar-refractivity contribution is 5.81. The van der Waals surface area contributed by atoms with Gasteiger partial charge in [-0.15, -0.1) is 0 Å². The number of carbonyl (C=O) groups excluding carboxylic acids is 1. The van der Waals surface area contributed by atoms with Gasteiger partial charge in [-0.2, -0.15) is 0 Å². The predicted octanol–water partition coefficient (Wildman–Crippen LogP) is 5.33. The Morgan fingerprint density at radius 3 is 2.33 bits per heavy atom. The van der Waals surface area contributed by atoms with Crippen molar-refractivity contribution in [3.63, 3.8) is 0 Å². The minimum Gasteiger partial charge on any atom is -0.481 e. The van der Waals surface area contributed by atoms with Crippen molar-refractivity contribution in [2.24, 2.45) is 0 Å². The van der Waals surface area contributed by atoms with Crippen LogP contribution in [0.25, 0.3) is 0 Å². The van der Waals surface area contributed by atoms with Gasteiger partial charge in [-0.1, -0.05) is 51.1 Å². The summed E-state index contributed by atoms with van der Waals surface area (Å²) in [5, 5.41) is 3.02. The molecule has 2 aromatic carbocycles. The van der Waals surface area contributed by atoms with Gasteiger partial charge in [-0.3, -0.25) is 4.79 Å². The summed E-state index contributed by atoms with van der Waals surface area (Å²) < 4.78 is 5.90. The van der Waals surface area contributed by atoms with Crippen LogP contribution < -0.4 is 10.1 Å². The molecule has 0 heterocycles. The molecule has 27 heavy (non-hydrogen) atoms. The molecule has 0 aliphatic rings. The standard InChI is InChI=1S/C24H33NO2/c1-6-23(27-22-14-9-18(4)19(5)16-22)24(26)25-15-7-8-20-10-12-21(13-11-20)17(2)3/h9-14,16-17,23H,6-8,15H2,1-5H3,(H,25,26)/t23-/m1/s1. The molecule has 0 aliphatic heterocycles. The predicted molar refractivity (Wildman–Crippen MR) is 112 cm³/mol. The molecule has 0 aromatic heterocycles. The number of ether oxygens (including phenoxy) is 1. The first kappa shape index (κ1) is 21.0. The van der Waals surface area contributed by atoms with Crippen molar-refractivity contribution >= 4 is 5.91 Å². The third kappa shape index (κ3) is 6.42. The second-order valence-electron chi connectivity index (χ2n) is 7.55. The fourth-order valence-corrected chi connectivity index (χ4v) is 2.96. The second kappa shape index (κ2) is 10.1. The van der Waals surface area contributed by atoms with E-state index in [-0.39, 0.29) is 5.91 Å². The third-order valence-electron chi connectivity index (χ3n) is 5.01. The van der Waals surface area contributed by atoms with Gasteiger partial charge in [0.15, 0.2) is 6.10 Å². The first-order valence-electron chi connectivity index (χ1n) is 10.0.